The van der Waals surface area contributed by atoms with E-state index in [1.165, 1.54) is 21.3 Å². The number of benzene rings is 4. The Morgan fingerprint density at radius 3 is 1.93 bits per heavy atom. The molecule has 9 heteroatoms. The fourth-order valence-corrected chi connectivity index (χ4v) is 4.30. The van der Waals surface area contributed by atoms with E-state index in [0.29, 0.717) is 50.5 Å². The second-order valence-electron chi connectivity index (χ2n) is 8.66. The minimum Gasteiger partial charge on any atom is -0.497 e. The number of nitrogens with one attached hydrogen (secondary N) is 1. The monoisotopic (exact) mass is 560 g/mol. The molecule has 0 saturated carbocycles. The van der Waals surface area contributed by atoms with E-state index in [1.54, 1.807) is 72.7 Å². The summed E-state index contributed by atoms with van der Waals surface area (Å²) >= 11 is 6.02. The van der Waals surface area contributed by atoms with Crippen molar-refractivity contribution in [2.24, 2.45) is 0 Å². The second-order valence-corrected chi connectivity index (χ2v) is 9.10. The number of anilines is 2. The fourth-order valence-electron chi connectivity index (χ4n) is 4.11. The number of hydrogen-bond acceptors (Lipinski definition) is 6. The molecular weight excluding hydrogens is 532 g/mol. The van der Waals surface area contributed by atoms with Crippen LogP contribution in [-0.4, -0.2) is 40.3 Å². The maximum absolute atomic E-state index is 13.9. The lowest BCUT2D eigenvalue weighted by Crippen LogP contribution is -2.30. The van der Waals surface area contributed by atoms with Gasteiger partial charge in [0.15, 0.2) is 11.5 Å². The van der Waals surface area contributed by atoms with Crippen LogP contribution < -0.4 is 29.2 Å². The number of amides is 2. The minimum atomic E-state index is -0.319. The molecule has 2 amide bonds. The molecule has 0 aliphatic rings. The maximum Gasteiger partial charge on any atom is 0.258 e. The van der Waals surface area contributed by atoms with Crippen LogP contribution in [0.4, 0.5) is 11.4 Å². The minimum absolute atomic E-state index is 0.248. The van der Waals surface area contributed by atoms with Crippen molar-refractivity contribution in [2.75, 3.05) is 38.7 Å². The Bertz CT molecular complexity index is 1460. The van der Waals surface area contributed by atoms with E-state index in [4.69, 9.17) is 30.5 Å². The van der Waals surface area contributed by atoms with Crippen molar-refractivity contribution in [1.29, 1.82) is 0 Å². The Hall–Kier alpha value is -4.69. The van der Waals surface area contributed by atoms with Crippen LogP contribution in [-0.2, 0) is 6.54 Å². The highest BCUT2D eigenvalue weighted by molar-refractivity contribution is 6.31. The number of halogens is 1. The van der Waals surface area contributed by atoms with Gasteiger partial charge in [-0.15, -0.1) is 0 Å². The number of hydrogen-bond donors (Lipinski definition) is 1. The normalized spacial score (nSPS) is 10.4. The van der Waals surface area contributed by atoms with Crippen LogP contribution in [0, 0.1) is 0 Å². The van der Waals surface area contributed by atoms with Gasteiger partial charge in [-0.2, -0.15) is 0 Å². The summed E-state index contributed by atoms with van der Waals surface area (Å²) in [7, 11) is 6.15. The van der Waals surface area contributed by atoms with Crippen molar-refractivity contribution in [3.8, 4) is 23.0 Å². The first-order valence-corrected chi connectivity index (χ1v) is 12.7. The van der Waals surface area contributed by atoms with Crippen molar-refractivity contribution in [3.05, 3.63) is 107 Å². The lowest BCUT2D eigenvalue weighted by molar-refractivity contribution is 0.0982. The first-order chi connectivity index (χ1) is 19.4. The summed E-state index contributed by atoms with van der Waals surface area (Å²) in [4.78, 5) is 28.3. The first kappa shape index (κ1) is 28.3. The van der Waals surface area contributed by atoms with Crippen molar-refractivity contribution in [3.63, 3.8) is 0 Å². The second kappa shape index (κ2) is 12.9. The van der Waals surface area contributed by atoms with Crippen LogP contribution >= 0.6 is 11.6 Å². The molecule has 1 N–H and O–H groups in total. The molecule has 40 heavy (non-hydrogen) atoms. The van der Waals surface area contributed by atoms with Crippen molar-refractivity contribution in [2.45, 2.75) is 6.54 Å². The standard InChI is InChI=1S/C31H29ClN2O6/c1-37-26-14-8-20(9-15-26)19-34(25-17-27(38-2)29(40-4)28(18-25)39-3)31(36)22-12-10-21(11-13-22)30(35)33-24-7-5-6-23(32)16-24/h5-18H,19H2,1-4H3,(H,33,35). The fraction of sp³-hybridized carbons (Fsp3) is 0.161. The van der Waals surface area contributed by atoms with Gasteiger partial charge >= 0.3 is 0 Å². The van der Waals surface area contributed by atoms with E-state index in [-0.39, 0.29) is 18.4 Å². The number of nitrogens with zero attached hydrogens (tertiary/aromatic N) is 1. The van der Waals surface area contributed by atoms with Gasteiger partial charge in [0.25, 0.3) is 11.8 Å². The average molecular weight is 561 g/mol. The molecule has 4 aromatic rings. The van der Waals surface area contributed by atoms with Crippen LogP contribution in [0.15, 0.2) is 84.9 Å². The zero-order chi connectivity index (χ0) is 28.6. The molecule has 0 aliphatic heterocycles. The third-order valence-electron chi connectivity index (χ3n) is 6.18. The van der Waals surface area contributed by atoms with Gasteiger partial charge < -0.3 is 29.2 Å². The van der Waals surface area contributed by atoms with Crippen LogP contribution in [0.1, 0.15) is 26.3 Å². The molecule has 0 spiro atoms. The summed E-state index contributed by atoms with van der Waals surface area (Å²) in [6.45, 7) is 0.248. The third kappa shape index (κ3) is 6.47. The number of rotatable bonds is 10. The molecule has 206 valence electrons. The van der Waals surface area contributed by atoms with Crippen LogP contribution in [0.5, 0.6) is 23.0 Å². The summed E-state index contributed by atoms with van der Waals surface area (Å²) in [6, 6.07) is 24.2. The summed E-state index contributed by atoms with van der Waals surface area (Å²) in [5, 5.41) is 3.32. The Morgan fingerprint density at radius 1 is 0.750 bits per heavy atom. The number of methoxy groups -OCH3 is 4. The molecule has 0 atom stereocenters. The van der Waals surface area contributed by atoms with Gasteiger partial charge in [0.2, 0.25) is 5.75 Å². The molecule has 8 nitrogen and oxygen atoms in total. The molecule has 0 heterocycles. The van der Waals surface area contributed by atoms with Gasteiger partial charge in [-0.3, -0.25) is 9.59 Å². The van der Waals surface area contributed by atoms with Gasteiger partial charge in [0.05, 0.1) is 40.7 Å². The van der Waals surface area contributed by atoms with Gasteiger partial charge in [-0.05, 0) is 60.2 Å². The molecular formula is C31H29ClN2O6. The van der Waals surface area contributed by atoms with Gasteiger partial charge in [-0.1, -0.05) is 29.8 Å². The topological polar surface area (TPSA) is 86.3 Å². The summed E-state index contributed by atoms with van der Waals surface area (Å²) in [5.74, 6) is 1.35. The van der Waals surface area contributed by atoms with Crippen molar-refractivity contribution >= 4 is 34.8 Å². The molecule has 0 aromatic heterocycles. The van der Waals surface area contributed by atoms with Gasteiger partial charge in [-0.25, -0.2) is 0 Å². The van der Waals surface area contributed by atoms with Crippen LogP contribution in [0.2, 0.25) is 5.02 Å². The molecule has 4 rings (SSSR count). The number of carbonyl (C=O) groups is 2. The molecule has 0 radical (unpaired) electrons. The summed E-state index contributed by atoms with van der Waals surface area (Å²) < 4.78 is 21.8. The zero-order valence-corrected chi connectivity index (χ0v) is 23.3. The zero-order valence-electron chi connectivity index (χ0n) is 22.6. The average Bonchev–Trinajstić information content (AvgIpc) is 2.99. The van der Waals surface area contributed by atoms with Gasteiger partial charge in [0, 0.05) is 34.0 Å². The van der Waals surface area contributed by atoms with E-state index < -0.39 is 0 Å². The van der Waals surface area contributed by atoms with E-state index in [2.05, 4.69) is 5.32 Å². The highest BCUT2D eigenvalue weighted by atomic mass is 35.5. The SMILES string of the molecule is COc1ccc(CN(C(=O)c2ccc(C(=O)Nc3cccc(Cl)c3)cc2)c2cc(OC)c(OC)c(OC)c2)cc1. The predicted molar refractivity (Wildman–Crippen MR) is 155 cm³/mol. The lowest BCUT2D eigenvalue weighted by Gasteiger charge is -2.25. The van der Waals surface area contributed by atoms with Crippen LogP contribution in [0.25, 0.3) is 0 Å². The molecule has 4 aromatic carbocycles. The van der Waals surface area contributed by atoms with E-state index in [0.717, 1.165) is 5.56 Å². The highest BCUT2D eigenvalue weighted by Crippen LogP contribution is 2.41. The first-order valence-electron chi connectivity index (χ1n) is 12.3. The van der Waals surface area contributed by atoms with Gasteiger partial charge in [0.1, 0.15) is 5.75 Å². The molecule has 0 saturated heterocycles. The molecule has 0 unspecified atom stereocenters. The quantitative estimate of drug-likeness (QED) is 0.239. The highest BCUT2D eigenvalue weighted by Gasteiger charge is 2.23. The van der Waals surface area contributed by atoms with Crippen molar-refractivity contribution in [1.82, 2.24) is 0 Å². The molecule has 0 aliphatic carbocycles. The summed E-state index contributed by atoms with van der Waals surface area (Å²) in [5.41, 5.74) is 2.77. The largest absolute Gasteiger partial charge is 0.497 e. The Labute approximate surface area is 238 Å². The van der Waals surface area contributed by atoms with Crippen LogP contribution in [0.3, 0.4) is 0 Å². The lowest BCUT2D eigenvalue weighted by atomic mass is 10.1. The molecule has 0 fully saturated rings. The predicted octanol–water partition coefficient (Wildman–Crippen LogP) is 6.47. The molecule has 0 bridgehead atoms. The smallest absolute Gasteiger partial charge is 0.258 e. The van der Waals surface area contributed by atoms with E-state index in [1.807, 2.05) is 24.3 Å². The third-order valence-corrected chi connectivity index (χ3v) is 6.42. The Balaban J connectivity index is 1.66. The number of carbonyl (C=O) groups excluding carboxylic acids is 2. The maximum atomic E-state index is 13.9. The number of ether oxygens (including phenoxy) is 4. The van der Waals surface area contributed by atoms with E-state index >= 15 is 0 Å². The Morgan fingerprint density at radius 2 is 1.38 bits per heavy atom. The summed E-state index contributed by atoms with van der Waals surface area (Å²) in [6.07, 6.45) is 0. The Kier molecular flexibility index (Phi) is 9.14. The van der Waals surface area contributed by atoms with E-state index in [9.17, 15) is 9.59 Å². The van der Waals surface area contributed by atoms with Crippen molar-refractivity contribution < 1.29 is 28.5 Å².